The molecule has 148 valence electrons. The van der Waals surface area contributed by atoms with E-state index in [1.54, 1.807) is 0 Å². The van der Waals surface area contributed by atoms with E-state index in [4.69, 9.17) is 0 Å². The molecule has 5 nitrogen and oxygen atoms in total. The van der Waals surface area contributed by atoms with Crippen molar-refractivity contribution >= 4 is 41.7 Å². The van der Waals surface area contributed by atoms with Gasteiger partial charge in [-0.25, -0.2) is 0 Å². The van der Waals surface area contributed by atoms with Gasteiger partial charge >= 0.3 is 0 Å². The lowest BCUT2D eigenvalue weighted by Crippen LogP contribution is -2.48. The Balaban J connectivity index is 0.00000261. The van der Waals surface area contributed by atoms with Crippen molar-refractivity contribution in [2.24, 2.45) is 10.9 Å². The topological polar surface area (TPSA) is 45.5 Å². The van der Waals surface area contributed by atoms with E-state index in [1.165, 1.54) is 16.9 Å². The average molecular weight is 499 g/mol. The number of rotatable bonds is 5. The zero-order valence-corrected chi connectivity index (χ0v) is 19.5. The lowest BCUT2D eigenvalue weighted by molar-refractivity contribution is 0.380. The number of hydrogen-bond donors (Lipinski definition) is 1. The van der Waals surface area contributed by atoms with Crippen LogP contribution in [0.25, 0.3) is 0 Å². The number of nitrogens with one attached hydrogen (secondary N) is 1. The molecule has 7 heteroatoms. The highest BCUT2D eigenvalue weighted by Crippen LogP contribution is 2.24. The summed E-state index contributed by atoms with van der Waals surface area (Å²) in [5.74, 6) is 2.85. The third kappa shape index (κ3) is 6.41. The van der Waals surface area contributed by atoms with Gasteiger partial charge in [0.15, 0.2) is 5.96 Å². The van der Waals surface area contributed by atoms with Crippen LogP contribution in [0.15, 0.2) is 47.7 Å². The predicted molar refractivity (Wildman–Crippen MR) is 126 cm³/mol. The van der Waals surface area contributed by atoms with E-state index in [0.717, 1.165) is 32.1 Å². The first-order valence-electron chi connectivity index (χ1n) is 9.28. The van der Waals surface area contributed by atoms with E-state index in [2.05, 4.69) is 76.4 Å². The SMILES string of the molecule is CN=C(NCc1cnn(Cc2ccccc2)c1)N1CCSC(C(C)C)C1.I. The van der Waals surface area contributed by atoms with E-state index in [0.29, 0.717) is 11.2 Å². The molecule has 1 N–H and O–H groups in total. The summed E-state index contributed by atoms with van der Waals surface area (Å²) < 4.78 is 1.99. The molecule has 1 fully saturated rings. The molecule has 1 saturated heterocycles. The molecule has 3 rings (SSSR count). The van der Waals surface area contributed by atoms with Gasteiger partial charge < -0.3 is 10.2 Å². The highest BCUT2D eigenvalue weighted by molar-refractivity contribution is 14.0. The number of aliphatic imine (C=N–C) groups is 1. The third-order valence-electron chi connectivity index (χ3n) is 4.67. The summed E-state index contributed by atoms with van der Waals surface area (Å²) in [6.07, 6.45) is 4.04. The lowest BCUT2D eigenvalue weighted by atomic mass is 10.1. The number of aromatic nitrogens is 2. The van der Waals surface area contributed by atoms with Crippen LogP contribution in [-0.4, -0.2) is 51.8 Å². The number of halogens is 1. The maximum absolute atomic E-state index is 4.49. The Hall–Kier alpha value is -1.22. The van der Waals surface area contributed by atoms with Crippen molar-refractivity contribution in [1.82, 2.24) is 20.0 Å². The van der Waals surface area contributed by atoms with Crippen LogP contribution >= 0.6 is 35.7 Å². The smallest absolute Gasteiger partial charge is 0.193 e. The number of nitrogens with zero attached hydrogens (tertiary/aromatic N) is 4. The molecular formula is C20H30IN5S. The van der Waals surface area contributed by atoms with Crippen LogP contribution in [0.2, 0.25) is 0 Å². The average Bonchev–Trinajstić information content (AvgIpc) is 3.10. The fraction of sp³-hybridized carbons (Fsp3) is 0.500. The fourth-order valence-corrected chi connectivity index (χ4v) is 4.44. The number of hydrogen-bond acceptors (Lipinski definition) is 3. The number of thioether (sulfide) groups is 1. The van der Waals surface area contributed by atoms with Crippen LogP contribution in [-0.2, 0) is 13.1 Å². The second kappa shape index (κ2) is 10.9. The summed E-state index contributed by atoms with van der Waals surface area (Å²) in [5, 5.41) is 8.67. The summed E-state index contributed by atoms with van der Waals surface area (Å²) >= 11 is 2.08. The Morgan fingerprint density at radius 1 is 1.30 bits per heavy atom. The van der Waals surface area contributed by atoms with Crippen LogP contribution in [0.4, 0.5) is 0 Å². The van der Waals surface area contributed by atoms with E-state index < -0.39 is 0 Å². The summed E-state index contributed by atoms with van der Waals surface area (Å²) in [5.41, 5.74) is 2.44. The highest BCUT2D eigenvalue weighted by Gasteiger charge is 2.24. The monoisotopic (exact) mass is 499 g/mol. The Morgan fingerprint density at radius 3 is 2.78 bits per heavy atom. The van der Waals surface area contributed by atoms with Gasteiger partial charge in [-0.15, -0.1) is 24.0 Å². The van der Waals surface area contributed by atoms with Crippen molar-refractivity contribution in [3.05, 3.63) is 53.9 Å². The zero-order chi connectivity index (χ0) is 18.4. The van der Waals surface area contributed by atoms with Gasteiger partial charge in [0.25, 0.3) is 0 Å². The van der Waals surface area contributed by atoms with Gasteiger partial charge in [-0.1, -0.05) is 44.2 Å². The molecule has 27 heavy (non-hydrogen) atoms. The molecule has 0 saturated carbocycles. The Morgan fingerprint density at radius 2 is 2.07 bits per heavy atom. The maximum Gasteiger partial charge on any atom is 0.193 e. The molecule has 1 unspecified atom stereocenters. The number of guanidine groups is 1. The largest absolute Gasteiger partial charge is 0.352 e. The van der Waals surface area contributed by atoms with E-state index >= 15 is 0 Å². The van der Waals surface area contributed by atoms with E-state index in [9.17, 15) is 0 Å². The third-order valence-corrected chi connectivity index (χ3v) is 6.21. The second-order valence-corrected chi connectivity index (χ2v) is 8.38. The molecule has 0 aliphatic carbocycles. The molecule has 1 aromatic carbocycles. The molecule has 1 aliphatic rings. The Kier molecular flexibility index (Phi) is 8.95. The van der Waals surface area contributed by atoms with Crippen LogP contribution in [0.5, 0.6) is 0 Å². The molecule has 0 spiro atoms. The van der Waals surface area contributed by atoms with Crippen LogP contribution in [0.3, 0.4) is 0 Å². The molecular weight excluding hydrogens is 469 g/mol. The predicted octanol–water partition coefficient (Wildman–Crippen LogP) is 3.70. The van der Waals surface area contributed by atoms with Crippen molar-refractivity contribution in [3.8, 4) is 0 Å². The first-order valence-corrected chi connectivity index (χ1v) is 10.3. The minimum Gasteiger partial charge on any atom is -0.352 e. The number of benzene rings is 1. The summed E-state index contributed by atoms with van der Waals surface area (Å²) in [6.45, 7) is 8.28. The summed E-state index contributed by atoms with van der Waals surface area (Å²) in [6, 6.07) is 10.4. The molecule has 2 heterocycles. The Labute approximate surface area is 184 Å². The van der Waals surface area contributed by atoms with Gasteiger partial charge in [0.05, 0.1) is 12.7 Å². The van der Waals surface area contributed by atoms with Gasteiger partial charge in [0.1, 0.15) is 0 Å². The fourth-order valence-electron chi connectivity index (χ4n) is 3.14. The molecule has 0 amide bonds. The van der Waals surface area contributed by atoms with Crippen LogP contribution in [0, 0.1) is 5.92 Å². The molecule has 0 bridgehead atoms. The molecule has 1 aliphatic heterocycles. The normalized spacial score (nSPS) is 17.7. The molecule has 0 radical (unpaired) electrons. The minimum absolute atomic E-state index is 0. The lowest BCUT2D eigenvalue weighted by Gasteiger charge is -2.36. The second-order valence-electron chi connectivity index (χ2n) is 7.03. The highest BCUT2D eigenvalue weighted by atomic mass is 127. The minimum atomic E-state index is 0. The van der Waals surface area contributed by atoms with Crippen LogP contribution < -0.4 is 5.32 Å². The molecule has 1 aromatic heterocycles. The van der Waals surface area contributed by atoms with Gasteiger partial charge in [-0.2, -0.15) is 16.9 Å². The quantitative estimate of drug-likeness (QED) is 0.387. The Bertz CT molecular complexity index is 716. The van der Waals surface area contributed by atoms with Gasteiger partial charge in [0, 0.05) is 49.4 Å². The summed E-state index contributed by atoms with van der Waals surface area (Å²) in [7, 11) is 1.87. The maximum atomic E-state index is 4.49. The summed E-state index contributed by atoms with van der Waals surface area (Å²) in [4.78, 5) is 6.87. The first-order chi connectivity index (χ1) is 12.7. The van der Waals surface area contributed by atoms with Crippen molar-refractivity contribution in [1.29, 1.82) is 0 Å². The van der Waals surface area contributed by atoms with Crippen molar-refractivity contribution in [3.63, 3.8) is 0 Å². The van der Waals surface area contributed by atoms with Gasteiger partial charge in [-0.3, -0.25) is 9.67 Å². The first kappa shape index (κ1) is 22.1. The molecule has 1 atom stereocenters. The van der Waals surface area contributed by atoms with Gasteiger partial charge in [-0.05, 0) is 11.5 Å². The van der Waals surface area contributed by atoms with Gasteiger partial charge in [0.2, 0.25) is 0 Å². The zero-order valence-electron chi connectivity index (χ0n) is 16.3. The standard InChI is InChI=1S/C20H29N5S.HI/c1-16(2)19-15-24(9-10-26-19)20(21-3)22-11-18-12-23-25(14-18)13-17-7-5-4-6-8-17;/h4-8,12,14,16,19H,9-11,13,15H2,1-3H3,(H,21,22);1H. The van der Waals surface area contributed by atoms with E-state index in [1.807, 2.05) is 24.0 Å². The van der Waals surface area contributed by atoms with Crippen molar-refractivity contribution in [2.45, 2.75) is 32.2 Å². The van der Waals surface area contributed by atoms with Crippen LogP contribution in [0.1, 0.15) is 25.0 Å². The van der Waals surface area contributed by atoms with E-state index in [-0.39, 0.29) is 24.0 Å². The van der Waals surface area contributed by atoms with Crippen molar-refractivity contribution in [2.75, 3.05) is 25.9 Å². The van der Waals surface area contributed by atoms with Crippen molar-refractivity contribution < 1.29 is 0 Å². The molecule has 2 aromatic rings.